The van der Waals surface area contributed by atoms with Gasteiger partial charge in [-0.15, -0.1) is 0 Å². The molecule has 0 amide bonds. The van der Waals surface area contributed by atoms with Gasteiger partial charge in [0.1, 0.15) is 0 Å². The molecule has 0 aliphatic heterocycles. The highest BCUT2D eigenvalue weighted by Crippen LogP contribution is 2.30. The second-order valence-electron chi connectivity index (χ2n) is 4.18. The average Bonchev–Trinajstić information content (AvgIpc) is 2.30. The fourth-order valence-corrected chi connectivity index (χ4v) is 1.92. The van der Waals surface area contributed by atoms with Crippen LogP contribution in [0.4, 0.5) is 8.78 Å². The summed E-state index contributed by atoms with van der Waals surface area (Å²) in [4.78, 5) is 0. The molecular formula is C14H20F2O. The molecular weight excluding hydrogens is 222 g/mol. The number of benzene rings is 1. The summed E-state index contributed by atoms with van der Waals surface area (Å²) in [5.74, 6) is -1.23. The highest BCUT2D eigenvalue weighted by molar-refractivity contribution is 5.33. The minimum atomic E-state index is -0.597. The maximum absolute atomic E-state index is 13.7. The fraction of sp³-hybridized carbons (Fsp3) is 0.571. The number of halogens is 2. The van der Waals surface area contributed by atoms with Crippen molar-refractivity contribution in [1.29, 1.82) is 0 Å². The molecule has 0 aliphatic rings. The summed E-state index contributed by atoms with van der Waals surface area (Å²) < 4.78 is 32.5. The van der Waals surface area contributed by atoms with Crippen LogP contribution >= 0.6 is 0 Å². The molecule has 0 saturated heterocycles. The first-order chi connectivity index (χ1) is 8.13. The molecule has 96 valence electrons. The molecule has 3 heteroatoms. The van der Waals surface area contributed by atoms with Crippen LogP contribution < -0.4 is 4.74 Å². The lowest BCUT2D eigenvalue weighted by molar-refractivity contribution is 0.284. The second-order valence-corrected chi connectivity index (χ2v) is 4.18. The van der Waals surface area contributed by atoms with Crippen LogP contribution in [-0.2, 0) is 0 Å². The second kappa shape index (κ2) is 6.58. The molecule has 1 rings (SSSR count). The standard InChI is InChI=1S/C14H20F2O/c1-4-7-17-14-12(15)8-11(9-13(14)16)10(5-2)6-3/h8-10H,4-7H2,1-3H3. The minimum absolute atomic E-state index is 0.208. The first kappa shape index (κ1) is 13.9. The molecule has 17 heavy (non-hydrogen) atoms. The summed E-state index contributed by atoms with van der Waals surface area (Å²) in [5, 5.41) is 0. The van der Waals surface area contributed by atoms with Crippen LogP contribution in [0, 0.1) is 11.6 Å². The molecule has 0 atom stereocenters. The van der Waals surface area contributed by atoms with E-state index in [0.717, 1.165) is 19.3 Å². The van der Waals surface area contributed by atoms with Gasteiger partial charge in [-0.25, -0.2) is 8.78 Å². The van der Waals surface area contributed by atoms with Crippen molar-refractivity contribution in [3.8, 4) is 5.75 Å². The van der Waals surface area contributed by atoms with Crippen molar-refractivity contribution in [3.63, 3.8) is 0 Å². The normalized spacial score (nSPS) is 10.9. The molecule has 0 spiro atoms. The van der Waals surface area contributed by atoms with Crippen molar-refractivity contribution in [1.82, 2.24) is 0 Å². The van der Waals surface area contributed by atoms with Crippen LogP contribution in [0.1, 0.15) is 51.5 Å². The Kier molecular flexibility index (Phi) is 5.39. The lowest BCUT2D eigenvalue weighted by atomic mass is 9.94. The van der Waals surface area contributed by atoms with Crippen molar-refractivity contribution < 1.29 is 13.5 Å². The van der Waals surface area contributed by atoms with E-state index in [1.165, 1.54) is 12.1 Å². The van der Waals surface area contributed by atoms with E-state index in [9.17, 15) is 8.78 Å². The van der Waals surface area contributed by atoms with Crippen LogP contribution in [0.25, 0.3) is 0 Å². The third-order valence-electron chi connectivity index (χ3n) is 2.93. The zero-order chi connectivity index (χ0) is 12.8. The van der Waals surface area contributed by atoms with Gasteiger partial charge in [-0.3, -0.25) is 0 Å². The maximum atomic E-state index is 13.7. The molecule has 1 aromatic carbocycles. The van der Waals surface area contributed by atoms with Gasteiger partial charge in [0.2, 0.25) is 0 Å². The van der Waals surface area contributed by atoms with Gasteiger partial charge in [0.15, 0.2) is 17.4 Å². The Bertz CT molecular complexity index is 336. The van der Waals surface area contributed by atoms with E-state index < -0.39 is 11.6 Å². The van der Waals surface area contributed by atoms with Crippen LogP contribution in [0.3, 0.4) is 0 Å². The monoisotopic (exact) mass is 242 g/mol. The van der Waals surface area contributed by atoms with Gasteiger partial charge >= 0.3 is 0 Å². The zero-order valence-corrected chi connectivity index (χ0v) is 10.7. The van der Waals surface area contributed by atoms with Gasteiger partial charge < -0.3 is 4.74 Å². The SMILES string of the molecule is CCCOc1c(F)cc(C(CC)CC)cc1F. The molecule has 1 nitrogen and oxygen atoms in total. The number of hydrogen-bond acceptors (Lipinski definition) is 1. The number of ether oxygens (including phenoxy) is 1. The van der Waals surface area contributed by atoms with Crippen molar-refractivity contribution in [2.24, 2.45) is 0 Å². The average molecular weight is 242 g/mol. The summed E-state index contributed by atoms with van der Waals surface area (Å²) in [6.07, 6.45) is 2.49. The summed E-state index contributed by atoms with van der Waals surface area (Å²) in [5.41, 5.74) is 0.717. The van der Waals surface area contributed by atoms with Gasteiger partial charge in [-0.05, 0) is 42.9 Å². The lowest BCUT2D eigenvalue weighted by Crippen LogP contribution is -2.03. The van der Waals surface area contributed by atoms with Crippen LogP contribution in [0.2, 0.25) is 0 Å². The van der Waals surface area contributed by atoms with Gasteiger partial charge in [0, 0.05) is 0 Å². The molecule has 0 N–H and O–H groups in total. The fourth-order valence-electron chi connectivity index (χ4n) is 1.92. The summed E-state index contributed by atoms with van der Waals surface area (Å²) >= 11 is 0. The van der Waals surface area contributed by atoms with Crippen molar-refractivity contribution in [2.75, 3.05) is 6.61 Å². The Hall–Kier alpha value is -1.12. The highest BCUT2D eigenvalue weighted by atomic mass is 19.1. The molecule has 0 radical (unpaired) electrons. The molecule has 0 bridgehead atoms. The Morgan fingerprint density at radius 3 is 2.00 bits per heavy atom. The summed E-state index contributed by atoms with van der Waals surface area (Å²) in [7, 11) is 0. The van der Waals surface area contributed by atoms with E-state index in [1.807, 2.05) is 20.8 Å². The quantitative estimate of drug-likeness (QED) is 0.705. The van der Waals surface area contributed by atoms with Crippen molar-refractivity contribution in [3.05, 3.63) is 29.3 Å². The molecule has 0 aromatic heterocycles. The Balaban J connectivity index is 2.99. The Morgan fingerprint density at radius 1 is 1.06 bits per heavy atom. The highest BCUT2D eigenvalue weighted by Gasteiger charge is 2.16. The van der Waals surface area contributed by atoms with Crippen LogP contribution in [-0.4, -0.2) is 6.61 Å². The first-order valence-corrected chi connectivity index (χ1v) is 6.25. The molecule has 0 unspecified atom stereocenters. The predicted octanol–water partition coefficient (Wildman–Crippen LogP) is 4.66. The summed E-state index contributed by atoms with van der Waals surface area (Å²) in [6, 6.07) is 2.79. The van der Waals surface area contributed by atoms with Crippen molar-refractivity contribution >= 4 is 0 Å². The number of rotatable bonds is 6. The smallest absolute Gasteiger partial charge is 0.190 e. The van der Waals surface area contributed by atoms with E-state index in [4.69, 9.17) is 4.74 Å². The third kappa shape index (κ3) is 3.42. The van der Waals surface area contributed by atoms with E-state index >= 15 is 0 Å². The molecule has 0 aliphatic carbocycles. The van der Waals surface area contributed by atoms with Gasteiger partial charge in [0.25, 0.3) is 0 Å². The minimum Gasteiger partial charge on any atom is -0.488 e. The lowest BCUT2D eigenvalue weighted by Gasteiger charge is -2.15. The molecule has 1 aromatic rings. The molecule has 0 heterocycles. The zero-order valence-electron chi connectivity index (χ0n) is 10.7. The van der Waals surface area contributed by atoms with Crippen LogP contribution in [0.5, 0.6) is 5.75 Å². The van der Waals surface area contributed by atoms with E-state index in [-0.39, 0.29) is 11.7 Å². The largest absolute Gasteiger partial charge is 0.488 e. The topological polar surface area (TPSA) is 9.23 Å². The van der Waals surface area contributed by atoms with Gasteiger partial charge in [-0.2, -0.15) is 0 Å². The van der Waals surface area contributed by atoms with Crippen LogP contribution in [0.15, 0.2) is 12.1 Å². The maximum Gasteiger partial charge on any atom is 0.190 e. The van der Waals surface area contributed by atoms with E-state index in [0.29, 0.717) is 12.2 Å². The Labute approximate surface area is 102 Å². The molecule has 0 saturated carbocycles. The Morgan fingerprint density at radius 2 is 1.59 bits per heavy atom. The predicted molar refractivity (Wildman–Crippen MR) is 65.5 cm³/mol. The number of hydrogen-bond donors (Lipinski definition) is 0. The van der Waals surface area contributed by atoms with Crippen molar-refractivity contribution in [2.45, 2.75) is 46.0 Å². The van der Waals surface area contributed by atoms with E-state index in [2.05, 4.69) is 0 Å². The molecule has 0 fully saturated rings. The van der Waals surface area contributed by atoms with Gasteiger partial charge in [0.05, 0.1) is 6.61 Å². The first-order valence-electron chi connectivity index (χ1n) is 6.25. The van der Waals surface area contributed by atoms with E-state index in [1.54, 1.807) is 0 Å². The van der Waals surface area contributed by atoms with Gasteiger partial charge in [-0.1, -0.05) is 20.8 Å². The third-order valence-corrected chi connectivity index (χ3v) is 2.93. The summed E-state index contributed by atoms with van der Waals surface area (Å²) in [6.45, 7) is 6.27.